The molecule has 0 fully saturated rings. The molecular weight excluding hydrogens is 214 g/mol. The molecule has 1 amide bonds. The van der Waals surface area contributed by atoms with Gasteiger partial charge in [0, 0.05) is 7.05 Å². The van der Waals surface area contributed by atoms with Crippen molar-refractivity contribution in [1.82, 2.24) is 5.32 Å². The lowest BCUT2D eigenvalue weighted by Crippen LogP contribution is -2.21. The minimum atomic E-state index is -1.83. The maximum Gasteiger partial charge on any atom is 0.503 e. The van der Waals surface area contributed by atoms with E-state index < -0.39 is 12.2 Å². The van der Waals surface area contributed by atoms with E-state index in [-0.39, 0.29) is 0 Å². The quantitative estimate of drug-likeness (QED) is 0.681. The van der Waals surface area contributed by atoms with E-state index in [1.54, 1.807) is 12.1 Å². The van der Waals surface area contributed by atoms with Crippen LogP contribution in [-0.4, -0.2) is 29.5 Å². The predicted octanol–water partition coefficient (Wildman–Crippen LogP) is 1.94. The van der Waals surface area contributed by atoms with Crippen LogP contribution in [0.15, 0.2) is 24.3 Å². The zero-order valence-corrected chi connectivity index (χ0v) is 8.93. The molecule has 1 aromatic rings. The van der Waals surface area contributed by atoms with Gasteiger partial charge in [-0.1, -0.05) is 12.1 Å². The molecule has 0 saturated heterocycles. The Kier molecular flexibility index (Phi) is 6.11. The van der Waals surface area contributed by atoms with Gasteiger partial charge in [0.15, 0.2) is 0 Å². The summed E-state index contributed by atoms with van der Waals surface area (Å²) < 4.78 is 4.89. The van der Waals surface area contributed by atoms with Gasteiger partial charge in [0.25, 0.3) is 0 Å². The first-order chi connectivity index (χ1) is 7.45. The molecule has 0 aromatic heterocycles. The summed E-state index contributed by atoms with van der Waals surface area (Å²) in [4.78, 5) is 19.3. The molecule has 0 aliphatic heterocycles. The Morgan fingerprint density at radius 2 is 1.88 bits per heavy atom. The molecule has 0 aliphatic carbocycles. The minimum Gasteiger partial charge on any atom is -0.450 e. The van der Waals surface area contributed by atoms with Crippen molar-refractivity contribution in [2.75, 3.05) is 7.05 Å². The van der Waals surface area contributed by atoms with Gasteiger partial charge in [-0.15, -0.1) is 0 Å². The van der Waals surface area contributed by atoms with Crippen molar-refractivity contribution >= 4 is 12.2 Å². The Bertz CT molecular complexity index is 360. The molecule has 16 heavy (non-hydrogen) atoms. The van der Waals surface area contributed by atoms with Gasteiger partial charge in [-0.3, -0.25) is 0 Å². The molecular formula is C10H13NO5. The van der Waals surface area contributed by atoms with Crippen LogP contribution in [0.4, 0.5) is 9.59 Å². The lowest BCUT2D eigenvalue weighted by atomic mass is 10.2. The number of amides is 1. The smallest absolute Gasteiger partial charge is 0.450 e. The Morgan fingerprint density at radius 3 is 2.31 bits per heavy atom. The van der Waals surface area contributed by atoms with Crippen molar-refractivity contribution in [3.05, 3.63) is 29.8 Å². The highest BCUT2D eigenvalue weighted by Crippen LogP contribution is 2.11. The average Bonchev–Trinajstić information content (AvgIpc) is 2.16. The Morgan fingerprint density at radius 1 is 1.31 bits per heavy atom. The molecule has 88 valence electrons. The maximum atomic E-state index is 10.8. The lowest BCUT2D eigenvalue weighted by Gasteiger charge is -2.02. The molecule has 6 nitrogen and oxygen atoms in total. The van der Waals surface area contributed by atoms with Crippen LogP contribution in [0.5, 0.6) is 5.75 Å². The summed E-state index contributed by atoms with van der Waals surface area (Å²) in [5.74, 6) is 0.564. The Balaban J connectivity index is 0.000000487. The number of nitrogens with one attached hydrogen (secondary N) is 1. The fourth-order valence-electron chi connectivity index (χ4n) is 0.837. The van der Waals surface area contributed by atoms with E-state index in [0.717, 1.165) is 5.56 Å². The summed E-state index contributed by atoms with van der Waals surface area (Å²) in [5.41, 5.74) is 1.07. The van der Waals surface area contributed by atoms with Gasteiger partial charge in [0.05, 0.1) is 0 Å². The number of carbonyl (C=O) groups is 2. The van der Waals surface area contributed by atoms with Crippen molar-refractivity contribution in [2.24, 2.45) is 0 Å². The van der Waals surface area contributed by atoms with E-state index in [0.29, 0.717) is 5.75 Å². The summed E-state index contributed by atoms with van der Waals surface area (Å²) >= 11 is 0. The van der Waals surface area contributed by atoms with E-state index in [4.69, 9.17) is 19.7 Å². The molecule has 0 saturated carbocycles. The van der Waals surface area contributed by atoms with Crippen LogP contribution in [0.1, 0.15) is 5.56 Å². The highest BCUT2D eigenvalue weighted by molar-refractivity contribution is 5.69. The second kappa shape index (κ2) is 7.10. The van der Waals surface area contributed by atoms with Crippen molar-refractivity contribution in [3.63, 3.8) is 0 Å². The number of ether oxygens (including phenoxy) is 1. The van der Waals surface area contributed by atoms with Gasteiger partial charge in [-0.2, -0.15) is 0 Å². The molecule has 0 radical (unpaired) electrons. The molecule has 0 spiro atoms. The third kappa shape index (κ3) is 7.19. The molecule has 1 aromatic carbocycles. The lowest BCUT2D eigenvalue weighted by molar-refractivity contribution is 0.137. The normalized spacial score (nSPS) is 8.38. The largest absolute Gasteiger partial charge is 0.503 e. The number of hydrogen-bond acceptors (Lipinski definition) is 3. The Labute approximate surface area is 92.5 Å². The van der Waals surface area contributed by atoms with Crippen LogP contribution < -0.4 is 10.1 Å². The van der Waals surface area contributed by atoms with E-state index in [2.05, 4.69) is 5.32 Å². The van der Waals surface area contributed by atoms with Crippen LogP contribution >= 0.6 is 0 Å². The first kappa shape index (κ1) is 13.8. The summed E-state index contributed by atoms with van der Waals surface area (Å²) in [6, 6.07) is 7.32. The molecule has 0 bridgehead atoms. The highest BCUT2D eigenvalue weighted by Gasteiger charge is 1.99. The number of benzene rings is 1. The van der Waals surface area contributed by atoms with Gasteiger partial charge >= 0.3 is 12.2 Å². The van der Waals surface area contributed by atoms with Crippen molar-refractivity contribution in [1.29, 1.82) is 0 Å². The SMILES string of the molecule is CNC(=O)Oc1cccc(C)c1.O=C(O)O. The first-order valence-corrected chi connectivity index (χ1v) is 4.34. The van der Waals surface area contributed by atoms with Crippen LogP contribution in [-0.2, 0) is 0 Å². The minimum absolute atomic E-state index is 0.444. The van der Waals surface area contributed by atoms with Crippen LogP contribution in [0, 0.1) is 6.92 Å². The summed E-state index contributed by atoms with van der Waals surface area (Å²) in [6.45, 7) is 1.94. The van der Waals surface area contributed by atoms with Gasteiger partial charge in [-0.05, 0) is 24.6 Å². The van der Waals surface area contributed by atoms with Crippen LogP contribution in [0.25, 0.3) is 0 Å². The molecule has 6 heteroatoms. The number of carboxylic acid groups (broad SMARTS) is 2. The van der Waals surface area contributed by atoms with E-state index >= 15 is 0 Å². The number of hydrogen-bond donors (Lipinski definition) is 3. The van der Waals surface area contributed by atoms with Gasteiger partial charge in [0.1, 0.15) is 5.75 Å². The first-order valence-electron chi connectivity index (χ1n) is 4.34. The molecule has 0 heterocycles. The third-order valence-corrected chi connectivity index (χ3v) is 1.40. The standard InChI is InChI=1S/C9H11NO2.CH2O3/c1-7-4-3-5-8(6-7)12-9(11)10-2;2-1(3)4/h3-6H,1-2H3,(H,10,11);(H2,2,3,4). The monoisotopic (exact) mass is 227 g/mol. The zero-order valence-electron chi connectivity index (χ0n) is 8.93. The van der Waals surface area contributed by atoms with Gasteiger partial charge < -0.3 is 20.3 Å². The number of carbonyl (C=O) groups excluding carboxylic acids is 1. The fraction of sp³-hybridized carbons (Fsp3) is 0.200. The fourth-order valence-corrected chi connectivity index (χ4v) is 0.837. The van der Waals surface area contributed by atoms with Crippen molar-refractivity contribution in [3.8, 4) is 5.75 Å². The molecule has 0 unspecified atom stereocenters. The van der Waals surface area contributed by atoms with Gasteiger partial charge in [-0.25, -0.2) is 9.59 Å². The molecule has 0 aliphatic rings. The summed E-state index contributed by atoms with van der Waals surface area (Å²) in [6.07, 6.45) is -2.28. The van der Waals surface area contributed by atoms with Crippen molar-refractivity contribution in [2.45, 2.75) is 6.92 Å². The van der Waals surface area contributed by atoms with Crippen molar-refractivity contribution < 1.29 is 24.5 Å². The maximum absolute atomic E-state index is 10.8. The molecule has 0 atom stereocenters. The highest BCUT2D eigenvalue weighted by atomic mass is 16.6. The van der Waals surface area contributed by atoms with Crippen LogP contribution in [0.2, 0.25) is 0 Å². The van der Waals surface area contributed by atoms with Crippen LogP contribution in [0.3, 0.4) is 0 Å². The topological polar surface area (TPSA) is 95.9 Å². The van der Waals surface area contributed by atoms with Gasteiger partial charge in [0.2, 0.25) is 0 Å². The second-order valence-electron chi connectivity index (χ2n) is 2.74. The Hall–Kier alpha value is -2.24. The van der Waals surface area contributed by atoms with E-state index in [1.165, 1.54) is 7.05 Å². The number of aryl methyl sites for hydroxylation is 1. The summed E-state index contributed by atoms with van der Waals surface area (Å²) in [5, 5.41) is 16.3. The average molecular weight is 227 g/mol. The number of rotatable bonds is 1. The van der Waals surface area contributed by atoms with E-state index in [9.17, 15) is 4.79 Å². The summed E-state index contributed by atoms with van der Waals surface area (Å²) in [7, 11) is 1.53. The molecule has 3 N–H and O–H groups in total. The molecule has 1 rings (SSSR count). The van der Waals surface area contributed by atoms with E-state index in [1.807, 2.05) is 19.1 Å². The zero-order chi connectivity index (χ0) is 12.6. The predicted molar refractivity (Wildman–Crippen MR) is 56.9 cm³/mol. The second-order valence-corrected chi connectivity index (χ2v) is 2.74. The third-order valence-electron chi connectivity index (χ3n) is 1.40.